The maximum atomic E-state index is 13.3. The number of fused-ring (bicyclic) bond motifs is 1. The van der Waals surface area contributed by atoms with Gasteiger partial charge in [-0.15, -0.1) is 11.8 Å². The highest BCUT2D eigenvalue weighted by Gasteiger charge is 2.35. The summed E-state index contributed by atoms with van der Waals surface area (Å²) in [5.41, 5.74) is 2.35. The number of hydrogen-bond donors (Lipinski definition) is 1. The summed E-state index contributed by atoms with van der Waals surface area (Å²) in [5, 5.41) is 10.3. The highest BCUT2D eigenvalue weighted by Crippen LogP contribution is 2.48. The summed E-state index contributed by atoms with van der Waals surface area (Å²) in [7, 11) is 3.38. The van der Waals surface area contributed by atoms with Gasteiger partial charge < -0.3 is 19.5 Å². The molecule has 8 nitrogen and oxygen atoms in total. The van der Waals surface area contributed by atoms with E-state index in [1.807, 2.05) is 60.7 Å². The van der Waals surface area contributed by atoms with E-state index in [9.17, 15) is 14.7 Å². The van der Waals surface area contributed by atoms with Crippen molar-refractivity contribution < 1.29 is 24.2 Å². The number of piperazine rings is 1. The number of anilines is 1. The molecule has 3 aromatic rings. The molecular weight excluding hydrogens is 526 g/mol. The zero-order valence-electron chi connectivity index (χ0n) is 22.9. The number of hydrogen-bond acceptors (Lipinski definition) is 8. The molecule has 40 heavy (non-hydrogen) atoms. The third-order valence-corrected chi connectivity index (χ3v) is 8.64. The summed E-state index contributed by atoms with van der Waals surface area (Å²) in [6, 6.07) is 22.7. The number of para-hydroxylation sites is 1. The van der Waals surface area contributed by atoms with Crippen molar-refractivity contribution in [1.82, 2.24) is 9.80 Å². The lowest BCUT2D eigenvalue weighted by molar-refractivity contribution is -0.118. The van der Waals surface area contributed by atoms with E-state index in [0.717, 1.165) is 47.9 Å². The van der Waals surface area contributed by atoms with Gasteiger partial charge in [-0.3, -0.25) is 19.4 Å². The minimum atomic E-state index is -0.703. The Balaban J connectivity index is 1.17. The second-order valence-electron chi connectivity index (χ2n) is 10.1. The number of carbonyl (C=O) groups excluding carboxylic acids is 2. The number of ether oxygens (including phenoxy) is 2. The highest BCUT2D eigenvalue weighted by molar-refractivity contribution is 8.00. The molecule has 2 atom stereocenters. The molecule has 0 saturated carbocycles. The fourth-order valence-electron chi connectivity index (χ4n) is 5.08. The van der Waals surface area contributed by atoms with E-state index in [-0.39, 0.29) is 18.3 Å². The van der Waals surface area contributed by atoms with E-state index in [1.165, 1.54) is 11.8 Å². The number of carbonyl (C=O) groups is 2. The largest absolute Gasteiger partial charge is 0.497 e. The van der Waals surface area contributed by atoms with Gasteiger partial charge in [-0.25, -0.2) is 0 Å². The summed E-state index contributed by atoms with van der Waals surface area (Å²) < 4.78 is 11.6. The molecule has 0 aromatic heterocycles. The standard InChI is InChI=1S/C31H35N3O5S/c1-32-26-10-6-7-11-29(26)40-30(31(32)37)25-18-24(38-2)12-13-28(25)39-21-23(35)19-33-14-16-34(17-15-33)20-27(36)22-8-4-3-5-9-22/h3-13,18,23,30,35H,14-17,19-21H2,1-2H3. The predicted octanol–water partition coefficient (Wildman–Crippen LogP) is 3.75. The fourth-order valence-corrected chi connectivity index (χ4v) is 6.38. The zero-order valence-corrected chi connectivity index (χ0v) is 23.7. The van der Waals surface area contributed by atoms with Gasteiger partial charge in [0.25, 0.3) is 0 Å². The third-order valence-electron chi connectivity index (χ3n) is 7.35. The van der Waals surface area contributed by atoms with Crippen LogP contribution in [0.25, 0.3) is 0 Å². The van der Waals surface area contributed by atoms with Crippen molar-refractivity contribution in [1.29, 1.82) is 0 Å². The van der Waals surface area contributed by atoms with E-state index in [2.05, 4.69) is 9.80 Å². The number of nitrogens with zero attached hydrogens (tertiary/aromatic N) is 3. The van der Waals surface area contributed by atoms with E-state index in [1.54, 1.807) is 31.2 Å². The number of benzene rings is 3. The van der Waals surface area contributed by atoms with Crippen LogP contribution in [0.15, 0.2) is 77.7 Å². The first kappa shape index (κ1) is 28.2. The Bertz CT molecular complexity index is 1330. The molecule has 210 valence electrons. The summed E-state index contributed by atoms with van der Waals surface area (Å²) in [5.74, 6) is 1.29. The molecule has 0 bridgehead atoms. The number of ketones is 1. The van der Waals surface area contributed by atoms with E-state index in [0.29, 0.717) is 24.6 Å². The number of methoxy groups -OCH3 is 1. The summed E-state index contributed by atoms with van der Waals surface area (Å²) >= 11 is 1.49. The van der Waals surface area contributed by atoms with Crippen molar-refractivity contribution in [2.45, 2.75) is 16.2 Å². The van der Waals surface area contributed by atoms with Crippen LogP contribution < -0.4 is 14.4 Å². The van der Waals surface area contributed by atoms with Crippen LogP contribution in [0.2, 0.25) is 0 Å². The molecule has 3 aromatic carbocycles. The smallest absolute Gasteiger partial charge is 0.244 e. The van der Waals surface area contributed by atoms with Gasteiger partial charge in [0.15, 0.2) is 5.78 Å². The zero-order chi connectivity index (χ0) is 28.1. The van der Waals surface area contributed by atoms with Gasteiger partial charge in [0.1, 0.15) is 29.5 Å². The second-order valence-corrected chi connectivity index (χ2v) is 11.2. The number of β-amino-alcohol motifs (C(OH)–C–C–N with tert-alkyl or cyclic N) is 1. The molecule has 0 aliphatic carbocycles. The fraction of sp³-hybridized carbons (Fsp3) is 0.355. The Morgan fingerprint density at radius 1 is 1.00 bits per heavy atom. The monoisotopic (exact) mass is 561 g/mol. The maximum absolute atomic E-state index is 13.3. The van der Waals surface area contributed by atoms with Gasteiger partial charge in [-0.05, 0) is 30.3 Å². The average molecular weight is 562 g/mol. The number of rotatable bonds is 10. The maximum Gasteiger partial charge on any atom is 0.244 e. The lowest BCUT2D eigenvalue weighted by atomic mass is 10.1. The third kappa shape index (κ3) is 6.50. The Hall–Kier alpha value is -3.37. The number of aliphatic hydroxyl groups excluding tert-OH is 1. The van der Waals surface area contributed by atoms with Gasteiger partial charge in [0.05, 0.1) is 19.3 Å². The van der Waals surface area contributed by atoms with Crippen LogP contribution in [0, 0.1) is 0 Å². The van der Waals surface area contributed by atoms with Crippen molar-refractivity contribution >= 4 is 29.1 Å². The highest BCUT2D eigenvalue weighted by atomic mass is 32.2. The van der Waals surface area contributed by atoms with Crippen LogP contribution in [0.1, 0.15) is 21.2 Å². The van der Waals surface area contributed by atoms with Crippen molar-refractivity contribution in [3.8, 4) is 11.5 Å². The number of likely N-dealkylation sites (N-methyl/N-ethyl adjacent to an activating group) is 1. The number of aliphatic hydroxyl groups is 1. The molecule has 0 radical (unpaired) electrons. The first-order valence-corrected chi connectivity index (χ1v) is 14.4. The van der Waals surface area contributed by atoms with Gasteiger partial charge in [-0.2, -0.15) is 0 Å². The molecule has 2 unspecified atom stereocenters. The Morgan fingerprint density at radius 3 is 2.45 bits per heavy atom. The molecule has 2 heterocycles. The SMILES string of the molecule is COc1ccc(OCC(O)CN2CCN(CC(=O)c3ccccc3)CC2)c(C2Sc3ccccc3N(C)C2=O)c1. The Morgan fingerprint density at radius 2 is 1.70 bits per heavy atom. The van der Waals surface area contributed by atoms with Crippen molar-refractivity contribution in [3.05, 3.63) is 83.9 Å². The van der Waals surface area contributed by atoms with Crippen LogP contribution >= 0.6 is 11.8 Å². The van der Waals surface area contributed by atoms with Crippen LogP contribution in [-0.4, -0.2) is 92.7 Å². The van der Waals surface area contributed by atoms with Gasteiger partial charge >= 0.3 is 0 Å². The number of Topliss-reactive ketones (excluding diaryl/α,β-unsaturated/α-hetero) is 1. The van der Waals surface area contributed by atoms with Crippen LogP contribution in [0.3, 0.4) is 0 Å². The van der Waals surface area contributed by atoms with Crippen LogP contribution in [-0.2, 0) is 4.79 Å². The van der Waals surface area contributed by atoms with E-state index in [4.69, 9.17) is 9.47 Å². The summed E-state index contributed by atoms with van der Waals surface area (Å²) in [6.07, 6.45) is -0.703. The van der Waals surface area contributed by atoms with Crippen molar-refractivity contribution in [2.75, 3.05) is 64.9 Å². The second kappa shape index (κ2) is 12.9. The topological polar surface area (TPSA) is 82.6 Å². The molecule has 1 N–H and O–H groups in total. The predicted molar refractivity (Wildman–Crippen MR) is 157 cm³/mol. The molecular formula is C31H35N3O5S. The van der Waals surface area contributed by atoms with E-state index < -0.39 is 11.4 Å². The Kier molecular flexibility index (Phi) is 9.06. The van der Waals surface area contributed by atoms with Gasteiger partial charge in [-0.1, -0.05) is 42.5 Å². The van der Waals surface area contributed by atoms with Crippen LogP contribution in [0.5, 0.6) is 11.5 Å². The number of amides is 1. The molecule has 2 aliphatic heterocycles. The lowest BCUT2D eigenvalue weighted by Gasteiger charge is -2.35. The quantitative estimate of drug-likeness (QED) is 0.375. The van der Waals surface area contributed by atoms with E-state index >= 15 is 0 Å². The average Bonchev–Trinajstić information content (AvgIpc) is 2.99. The molecule has 2 aliphatic rings. The lowest BCUT2D eigenvalue weighted by Crippen LogP contribution is -2.50. The molecule has 1 fully saturated rings. The molecule has 0 spiro atoms. The normalized spacial score (nSPS) is 18.7. The van der Waals surface area contributed by atoms with Crippen molar-refractivity contribution in [3.63, 3.8) is 0 Å². The molecule has 5 rings (SSSR count). The molecule has 1 saturated heterocycles. The minimum absolute atomic E-state index is 0.0361. The summed E-state index contributed by atoms with van der Waals surface area (Å²) in [6.45, 7) is 4.05. The first-order valence-electron chi connectivity index (χ1n) is 13.5. The van der Waals surface area contributed by atoms with Crippen LogP contribution in [0.4, 0.5) is 5.69 Å². The Labute approximate surface area is 239 Å². The van der Waals surface area contributed by atoms with Gasteiger partial charge in [0.2, 0.25) is 5.91 Å². The minimum Gasteiger partial charge on any atom is -0.497 e. The van der Waals surface area contributed by atoms with Gasteiger partial charge in [0, 0.05) is 55.8 Å². The van der Waals surface area contributed by atoms with Crippen molar-refractivity contribution in [2.24, 2.45) is 0 Å². The number of thioether (sulfide) groups is 1. The first-order chi connectivity index (χ1) is 19.4. The molecule has 9 heteroatoms. The summed E-state index contributed by atoms with van der Waals surface area (Å²) in [4.78, 5) is 32.9. The molecule has 1 amide bonds.